The predicted octanol–water partition coefficient (Wildman–Crippen LogP) is 7.72. The lowest BCUT2D eigenvalue weighted by Gasteiger charge is -2.22. The highest BCUT2D eigenvalue weighted by Crippen LogP contribution is 2.31. The minimum atomic E-state index is -4.80. The van der Waals surface area contributed by atoms with E-state index in [2.05, 4.69) is 32.8 Å². The number of aryl methyl sites for hydroxylation is 2. The SMILES string of the molecule is CCCc1ccc(C)cc1N1CCSC1=NC(=O)NC(F)C(F)c1ccc(-c2ncn(-c3ccc(OC(F)(F)F)cc3)n2)cc1. The number of alkyl halides is 5. The molecular formula is C31H29F5N6O2S. The number of rotatable bonds is 9. The van der Waals surface area contributed by atoms with E-state index in [0.717, 1.165) is 41.8 Å². The number of aromatic nitrogens is 3. The van der Waals surface area contributed by atoms with E-state index in [0.29, 0.717) is 28.7 Å². The number of benzene rings is 3. The third-order valence-corrected chi connectivity index (χ3v) is 7.81. The Balaban J connectivity index is 1.21. The fourth-order valence-electron chi connectivity index (χ4n) is 4.74. The van der Waals surface area contributed by atoms with Crippen LogP contribution in [0.1, 0.15) is 36.2 Å². The number of thioether (sulfide) groups is 1. The lowest BCUT2D eigenvalue weighted by atomic mass is 10.0. The summed E-state index contributed by atoms with van der Waals surface area (Å²) in [6, 6.07) is 15.9. The minimum Gasteiger partial charge on any atom is -0.406 e. The van der Waals surface area contributed by atoms with Gasteiger partial charge in [0.2, 0.25) is 6.30 Å². The normalized spacial score (nSPS) is 15.7. The molecule has 0 bridgehead atoms. The predicted molar refractivity (Wildman–Crippen MR) is 163 cm³/mol. The van der Waals surface area contributed by atoms with E-state index in [1.54, 1.807) is 0 Å². The van der Waals surface area contributed by atoms with Gasteiger partial charge in [-0.05, 0) is 60.4 Å². The molecule has 236 valence electrons. The first kappa shape index (κ1) is 31.9. The average molecular weight is 645 g/mol. The first-order valence-corrected chi connectivity index (χ1v) is 15.0. The van der Waals surface area contributed by atoms with Crippen LogP contribution >= 0.6 is 11.8 Å². The van der Waals surface area contributed by atoms with Crippen LogP contribution in [0.4, 0.5) is 32.4 Å². The number of amides is 2. The molecule has 0 saturated carbocycles. The molecule has 8 nitrogen and oxygen atoms in total. The first-order valence-electron chi connectivity index (χ1n) is 14.1. The number of halogens is 5. The number of carbonyl (C=O) groups is 1. The van der Waals surface area contributed by atoms with Gasteiger partial charge in [0.25, 0.3) is 0 Å². The molecule has 1 aliphatic heterocycles. The summed E-state index contributed by atoms with van der Waals surface area (Å²) in [5.74, 6) is 0.585. The third-order valence-electron chi connectivity index (χ3n) is 6.86. The van der Waals surface area contributed by atoms with Gasteiger partial charge < -0.3 is 15.0 Å². The Morgan fingerprint density at radius 1 is 1.09 bits per heavy atom. The molecule has 2 unspecified atom stereocenters. The topological polar surface area (TPSA) is 84.6 Å². The zero-order chi connectivity index (χ0) is 32.1. The Morgan fingerprint density at radius 2 is 1.82 bits per heavy atom. The van der Waals surface area contributed by atoms with Crippen LogP contribution in [0, 0.1) is 6.92 Å². The second-order valence-corrected chi connectivity index (χ2v) is 11.3. The summed E-state index contributed by atoms with van der Waals surface area (Å²) in [7, 11) is 0. The number of amidine groups is 1. The number of nitrogens with one attached hydrogen (secondary N) is 1. The van der Waals surface area contributed by atoms with Gasteiger partial charge in [-0.2, -0.15) is 4.99 Å². The summed E-state index contributed by atoms with van der Waals surface area (Å²) < 4.78 is 72.3. The summed E-state index contributed by atoms with van der Waals surface area (Å²) in [4.78, 5) is 22.8. The molecule has 2 heterocycles. The molecule has 0 radical (unpaired) electrons. The largest absolute Gasteiger partial charge is 0.573 e. The third kappa shape index (κ3) is 7.98. The summed E-state index contributed by atoms with van der Waals surface area (Å²) in [5.41, 5.74) is 4.07. The number of anilines is 1. The van der Waals surface area contributed by atoms with E-state index < -0.39 is 24.9 Å². The van der Waals surface area contributed by atoms with Crippen LogP contribution in [0.15, 0.2) is 78.0 Å². The average Bonchev–Trinajstić information content (AvgIpc) is 3.68. The molecule has 3 aromatic carbocycles. The lowest BCUT2D eigenvalue weighted by Crippen LogP contribution is -2.34. The highest BCUT2D eigenvalue weighted by Gasteiger charge is 2.31. The first-order chi connectivity index (χ1) is 21.5. The molecule has 2 atom stereocenters. The van der Waals surface area contributed by atoms with Crippen molar-refractivity contribution >= 4 is 28.6 Å². The molecule has 0 aliphatic carbocycles. The molecule has 1 saturated heterocycles. The molecular weight excluding hydrogens is 615 g/mol. The van der Waals surface area contributed by atoms with Crippen LogP contribution in [-0.2, 0) is 6.42 Å². The van der Waals surface area contributed by atoms with E-state index in [4.69, 9.17) is 0 Å². The monoisotopic (exact) mass is 644 g/mol. The summed E-state index contributed by atoms with van der Waals surface area (Å²) in [5, 5.41) is 6.73. The smallest absolute Gasteiger partial charge is 0.406 e. The molecule has 45 heavy (non-hydrogen) atoms. The Hall–Kier alpha value is -4.46. The molecule has 1 N–H and O–H groups in total. The number of urea groups is 1. The van der Waals surface area contributed by atoms with Gasteiger partial charge in [0.15, 0.2) is 17.2 Å². The molecule has 2 amide bonds. The van der Waals surface area contributed by atoms with E-state index in [-0.39, 0.29) is 17.1 Å². The number of aliphatic imine (C=N–C) groups is 1. The van der Waals surface area contributed by atoms with E-state index in [1.165, 1.54) is 59.2 Å². The van der Waals surface area contributed by atoms with Crippen LogP contribution in [-0.4, -0.2) is 50.9 Å². The molecule has 0 spiro atoms. The molecule has 1 aliphatic rings. The van der Waals surface area contributed by atoms with Crippen molar-refractivity contribution in [1.29, 1.82) is 0 Å². The summed E-state index contributed by atoms with van der Waals surface area (Å²) >= 11 is 1.38. The molecule has 4 aromatic rings. The summed E-state index contributed by atoms with van der Waals surface area (Å²) in [6.07, 6.45) is -6.13. The van der Waals surface area contributed by atoms with Crippen molar-refractivity contribution < 1.29 is 31.5 Å². The van der Waals surface area contributed by atoms with Gasteiger partial charge in [-0.3, -0.25) is 0 Å². The van der Waals surface area contributed by atoms with Crippen molar-refractivity contribution in [2.45, 2.75) is 45.5 Å². The molecule has 1 aromatic heterocycles. The van der Waals surface area contributed by atoms with E-state index >= 15 is 4.39 Å². The van der Waals surface area contributed by atoms with Crippen molar-refractivity contribution in [3.8, 4) is 22.8 Å². The Labute approximate surface area is 260 Å². The van der Waals surface area contributed by atoms with E-state index in [1.807, 2.05) is 29.3 Å². The maximum atomic E-state index is 15.1. The fourth-order valence-corrected chi connectivity index (χ4v) is 5.69. The highest BCUT2D eigenvalue weighted by atomic mass is 32.2. The maximum Gasteiger partial charge on any atom is 0.573 e. The number of hydrogen-bond donors (Lipinski definition) is 1. The van der Waals surface area contributed by atoms with Crippen molar-refractivity contribution in [2.24, 2.45) is 4.99 Å². The van der Waals surface area contributed by atoms with Crippen LogP contribution in [0.3, 0.4) is 0 Å². The second kappa shape index (κ2) is 13.7. The van der Waals surface area contributed by atoms with Gasteiger partial charge in [0.1, 0.15) is 12.1 Å². The Kier molecular flexibility index (Phi) is 9.71. The maximum absolute atomic E-state index is 15.1. The highest BCUT2D eigenvalue weighted by molar-refractivity contribution is 8.14. The summed E-state index contributed by atoms with van der Waals surface area (Å²) in [6.45, 7) is 4.72. The van der Waals surface area contributed by atoms with Gasteiger partial charge in [-0.25, -0.2) is 23.2 Å². The van der Waals surface area contributed by atoms with Crippen LogP contribution in [0.5, 0.6) is 5.75 Å². The molecule has 5 rings (SSSR count). The second-order valence-electron chi connectivity index (χ2n) is 10.2. The zero-order valence-corrected chi connectivity index (χ0v) is 25.1. The molecule has 14 heteroatoms. The standard InChI is InChI=1S/C31H29F5N6O2S/c1-3-4-20-6-5-19(2)17-25(20)41-15-16-45-30(41)39-29(43)38-27(33)26(32)21-7-9-22(10-8-21)28-37-18-42(40-28)23-11-13-24(14-12-23)44-31(34,35)36/h5-14,17-18,26-27H,3-4,15-16H2,1-2H3,(H,38,43). The lowest BCUT2D eigenvalue weighted by molar-refractivity contribution is -0.274. The number of carbonyl (C=O) groups excluding carboxylic acids is 1. The Morgan fingerprint density at radius 3 is 2.51 bits per heavy atom. The van der Waals surface area contributed by atoms with Crippen molar-refractivity contribution in [3.63, 3.8) is 0 Å². The van der Waals surface area contributed by atoms with E-state index in [9.17, 15) is 22.4 Å². The molecule has 1 fully saturated rings. The number of ether oxygens (including phenoxy) is 1. The van der Waals surface area contributed by atoms with Crippen LogP contribution in [0.25, 0.3) is 17.1 Å². The van der Waals surface area contributed by atoms with Gasteiger partial charge in [-0.15, -0.1) is 18.3 Å². The minimum absolute atomic E-state index is 0.0141. The van der Waals surface area contributed by atoms with Crippen molar-refractivity contribution in [2.75, 3.05) is 17.2 Å². The van der Waals surface area contributed by atoms with Gasteiger partial charge in [-0.1, -0.05) is 61.5 Å². The van der Waals surface area contributed by atoms with Crippen LogP contribution in [0.2, 0.25) is 0 Å². The number of nitrogens with zero attached hydrogens (tertiary/aromatic N) is 5. The number of hydrogen-bond acceptors (Lipinski definition) is 5. The van der Waals surface area contributed by atoms with Gasteiger partial charge >= 0.3 is 12.4 Å². The Bertz CT molecular complexity index is 1660. The van der Waals surface area contributed by atoms with Gasteiger partial charge in [0.05, 0.1) is 5.69 Å². The fraction of sp³-hybridized carbons (Fsp3) is 0.290. The van der Waals surface area contributed by atoms with Crippen LogP contribution < -0.4 is 15.0 Å². The van der Waals surface area contributed by atoms with Crippen molar-refractivity contribution in [3.05, 3.63) is 89.7 Å². The quantitative estimate of drug-likeness (QED) is 0.148. The van der Waals surface area contributed by atoms with Gasteiger partial charge in [0, 0.05) is 23.5 Å². The zero-order valence-electron chi connectivity index (χ0n) is 24.3. The van der Waals surface area contributed by atoms with Crippen molar-refractivity contribution in [1.82, 2.24) is 20.1 Å².